The second kappa shape index (κ2) is 7.68. The minimum absolute atomic E-state index is 0.0757. The largest absolute Gasteiger partial charge is 0.383 e. The first-order chi connectivity index (χ1) is 10.2. The summed E-state index contributed by atoms with van der Waals surface area (Å²) in [5, 5.41) is 7.99. The van der Waals surface area contributed by atoms with E-state index in [2.05, 4.69) is 51.2 Å². The third-order valence-corrected chi connectivity index (χ3v) is 4.01. The fourth-order valence-corrected chi connectivity index (χ4v) is 2.91. The van der Waals surface area contributed by atoms with Crippen molar-refractivity contribution in [3.8, 4) is 0 Å². The Hall–Kier alpha value is -1.24. The molecule has 2 aromatic rings. The number of hydrogen-bond acceptors (Lipinski definition) is 4. The zero-order chi connectivity index (χ0) is 15.2. The van der Waals surface area contributed by atoms with Gasteiger partial charge in [0, 0.05) is 19.5 Å². The van der Waals surface area contributed by atoms with Crippen LogP contribution in [0.3, 0.4) is 0 Å². The van der Waals surface area contributed by atoms with E-state index < -0.39 is 0 Å². The predicted molar refractivity (Wildman–Crippen MR) is 86.3 cm³/mol. The fraction of sp³-hybridized carbons (Fsp3) is 0.467. The van der Waals surface area contributed by atoms with Crippen molar-refractivity contribution >= 4 is 15.9 Å². The molecule has 0 radical (unpaired) electrons. The highest BCUT2D eigenvalue weighted by Crippen LogP contribution is 2.30. The molecule has 0 aliphatic rings. The lowest BCUT2D eigenvalue weighted by atomic mass is 10.0. The molecule has 1 atom stereocenters. The zero-order valence-corrected chi connectivity index (χ0v) is 14.2. The van der Waals surface area contributed by atoms with Crippen LogP contribution in [0, 0.1) is 6.92 Å². The Bertz CT molecular complexity index is 585. The van der Waals surface area contributed by atoms with Crippen LogP contribution in [-0.2, 0) is 11.3 Å². The Labute approximate surface area is 133 Å². The number of halogens is 1. The average Bonchev–Trinajstić information content (AvgIpc) is 2.84. The lowest BCUT2D eigenvalue weighted by Crippen LogP contribution is -2.26. The molecule has 2 heterocycles. The molecule has 1 unspecified atom stereocenters. The summed E-state index contributed by atoms with van der Waals surface area (Å²) in [5.74, 6) is 0. The number of nitrogens with one attached hydrogen (secondary N) is 1. The van der Waals surface area contributed by atoms with Crippen LogP contribution in [0.5, 0.6) is 0 Å². The first kappa shape index (κ1) is 16.1. The Balaban J connectivity index is 2.43. The van der Waals surface area contributed by atoms with Gasteiger partial charge in [-0.1, -0.05) is 6.92 Å². The van der Waals surface area contributed by atoms with E-state index in [9.17, 15) is 0 Å². The van der Waals surface area contributed by atoms with E-state index in [1.807, 2.05) is 23.3 Å². The normalized spacial score (nSPS) is 12.6. The predicted octanol–water partition coefficient (Wildman–Crippen LogP) is 2.69. The van der Waals surface area contributed by atoms with Crippen molar-refractivity contribution in [3.05, 3.63) is 46.0 Å². The van der Waals surface area contributed by atoms with Crippen molar-refractivity contribution in [1.82, 2.24) is 20.1 Å². The van der Waals surface area contributed by atoms with E-state index in [4.69, 9.17) is 4.74 Å². The molecule has 0 saturated carbocycles. The number of nitrogens with zero attached hydrogens (tertiary/aromatic N) is 3. The molecule has 6 heteroatoms. The molecule has 0 spiro atoms. The number of aryl methyl sites for hydroxylation is 1. The molecular weight excluding hydrogens is 332 g/mol. The zero-order valence-electron chi connectivity index (χ0n) is 12.6. The molecule has 5 nitrogen and oxygen atoms in total. The first-order valence-electron chi connectivity index (χ1n) is 7.03. The number of rotatable bonds is 7. The molecule has 0 aliphatic heterocycles. The van der Waals surface area contributed by atoms with Crippen LogP contribution in [0.4, 0.5) is 0 Å². The highest BCUT2D eigenvalue weighted by molar-refractivity contribution is 9.10. The second-order valence-electron chi connectivity index (χ2n) is 4.82. The van der Waals surface area contributed by atoms with Gasteiger partial charge in [-0.05, 0) is 46.6 Å². The van der Waals surface area contributed by atoms with Crippen LogP contribution < -0.4 is 5.32 Å². The van der Waals surface area contributed by atoms with E-state index >= 15 is 0 Å². The Morgan fingerprint density at radius 3 is 2.90 bits per heavy atom. The number of ether oxygens (including phenoxy) is 1. The summed E-state index contributed by atoms with van der Waals surface area (Å²) < 4.78 is 8.16. The number of aromatic nitrogens is 3. The minimum Gasteiger partial charge on any atom is -0.383 e. The molecule has 114 valence electrons. The summed E-state index contributed by atoms with van der Waals surface area (Å²) in [5.41, 5.74) is 3.49. The molecule has 0 aromatic carbocycles. The third-order valence-electron chi connectivity index (χ3n) is 3.40. The van der Waals surface area contributed by atoms with Crippen molar-refractivity contribution in [2.45, 2.75) is 26.4 Å². The van der Waals surface area contributed by atoms with Crippen LogP contribution in [0.25, 0.3) is 0 Å². The molecule has 0 fully saturated rings. The van der Waals surface area contributed by atoms with Crippen LogP contribution >= 0.6 is 15.9 Å². The van der Waals surface area contributed by atoms with E-state index in [-0.39, 0.29) is 6.04 Å². The Kier molecular flexibility index (Phi) is 5.90. The van der Waals surface area contributed by atoms with E-state index in [0.717, 1.165) is 28.8 Å². The average molecular weight is 353 g/mol. The van der Waals surface area contributed by atoms with Crippen molar-refractivity contribution < 1.29 is 4.74 Å². The minimum atomic E-state index is 0.0757. The maximum Gasteiger partial charge on any atom is 0.0763 e. The van der Waals surface area contributed by atoms with Gasteiger partial charge in [0.2, 0.25) is 0 Å². The van der Waals surface area contributed by atoms with Crippen LogP contribution in [0.15, 0.2) is 29.1 Å². The molecule has 0 bridgehead atoms. The van der Waals surface area contributed by atoms with E-state index in [1.165, 1.54) is 5.56 Å². The maximum atomic E-state index is 5.17. The number of hydrogen-bond donors (Lipinski definition) is 1. The van der Waals surface area contributed by atoms with Gasteiger partial charge in [0.05, 0.1) is 35.6 Å². The Morgan fingerprint density at radius 2 is 2.24 bits per heavy atom. The molecular formula is C15H21BrN4O. The molecule has 0 amide bonds. The number of methoxy groups -OCH3 is 1. The monoisotopic (exact) mass is 352 g/mol. The van der Waals surface area contributed by atoms with E-state index in [1.54, 1.807) is 7.11 Å². The molecule has 0 aliphatic carbocycles. The lowest BCUT2D eigenvalue weighted by Gasteiger charge is -2.22. The van der Waals surface area contributed by atoms with E-state index in [0.29, 0.717) is 6.61 Å². The molecule has 1 N–H and O–H groups in total. The quantitative estimate of drug-likeness (QED) is 0.832. The molecule has 2 aromatic heterocycles. The molecule has 21 heavy (non-hydrogen) atoms. The van der Waals surface area contributed by atoms with Crippen molar-refractivity contribution in [2.24, 2.45) is 0 Å². The van der Waals surface area contributed by atoms with Gasteiger partial charge in [0.25, 0.3) is 0 Å². The second-order valence-corrected chi connectivity index (χ2v) is 5.67. The van der Waals surface area contributed by atoms with Gasteiger partial charge in [-0.2, -0.15) is 5.10 Å². The van der Waals surface area contributed by atoms with Crippen molar-refractivity contribution in [3.63, 3.8) is 0 Å². The summed E-state index contributed by atoms with van der Waals surface area (Å²) in [6, 6.07) is 2.13. The Morgan fingerprint density at radius 1 is 1.43 bits per heavy atom. The SMILES string of the molecule is CCNC(c1ccncc1C)c1c(Br)cnn1CCOC. The molecule has 0 saturated heterocycles. The first-order valence-corrected chi connectivity index (χ1v) is 7.82. The van der Waals surface area contributed by atoms with Gasteiger partial charge in [-0.15, -0.1) is 0 Å². The summed E-state index contributed by atoms with van der Waals surface area (Å²) in [6.45, 7) is 6.41. The van der Waals surface area contributed by atoms with Crippen LogP contribution in [-0.4, -0.2) is 35.0 Å². The van der Waals surface area contributed by atoms with Crippen LogP contribution in [0.1, 0.15) is 29.8 Å². The highest BCUT2D eigenvalue weighted by Gasteiger charge is 2.22. The fourth-order valence-electron chi connectivity index (χ4n) is 2.38. The van der Waals surface area contributed by atoms with Crippen molar-refractivity contribution in [1.29, 1.82) is 0 Å². The maximum absolute atomic E-state index is 5.17. The summed E-state index contributed by atoms with van der Waals surface area (Å²) in [4.78, 5) is 4.18. The van der Waals surface area contributed by atoms with Crippen molar-refractivity contribution in [2.75, 3.05) is 20.3 Å². The van der Waals surface area contributed by atoms with Gasteiger partial charge in [-0.25, -0.2) is 0 Å². The number of pyridine rings is 1. The third kappa shape index (κ3) is 3.70. The lowest BCUT2D eigenvalue weighted by molar-refractivity contribution is 0.182. The van der Waals surface area contributed by atoms with Gasteiger partial charge in [0.1, 0.15) is 0 Å². The molecule has 2 rings (SSSR count). The summed E-state index contributed by atoms with van der Waals surface area (Å²) in [6.07, 6.45) is 5.56. The van der Waals surface area contributed by atoms with Gasteiger partial charge >= 0.3 is 0 Å². The van der Waals surface area contributed by atoms with Gasteiger partial charge in [-0.3, -0.25) is 9.67 Å². The van der Waals surface area contributed by atoms with Gasteiger partial charge in [0.15, 0.2) is 0 Å². The standard InChI is InChI=1S/C15H21BrN4O/c1-4-18-14(12-5-6-17-9-11(12)2)15-13(16)10-19-20(15)7-8-21-3/h5-6,9-10,14,18H,4,7-8H2,1-3H3. The topological polar surface area (TPSA) is 52.0 Å². The smallest absolute Gasteiger partial charge is 0.0763 e. The summed E-state index contributed by atoms with van der Waals surface area (Å²) >= 11 is 3.62. The van der Waals surface area contributed by atoms with Gasteiger partial charge < -0.3 is 10.1 Å². The highest BCUT2D eigenvalue weighted by atomic mass is 79.9. The van der Waals surface area contributed by atoms with Crippen LogP contribution in [0.2, 0.25) is 0 Å². The summed E-state index contributed by atoms with van der Waals surface area (Å²) in [7, 11) is 1.70.